The molecule has 0 amide bonds. The molecule has 0 aromatic carbocycles. The minimum Gasteiger partial charge on any atom is -0.249 e. The van der Waals surface area contributed by atoms with Gasteiger partial charge in [-0.15, -0.1) is 11.6 Å². The summed E-state index contributed by atoms with van der Waals surface area (Å²) >= 11 is 7.37. The first kappa shape index (κ1) is 11.1. The molecule has 0 aliphatic rings. The zero-order chi connectivity index (χ0) is 10.0. The van der Waals surface area contributed by atoms with Crippen LogP contribution in [0.2, 0.25) is 0 Å². The van der Waals surface area contributed by atoms with Crippen molar-refractivity contribution in [3.05, 3.63) is 26.6 Å². The molecule has 0 radical (unpaired) electrons. The Morgan fingerprint density at radius 1 is 1.62 bits per heavy atom. The highest BCUT2D eigenvalue weighted by molar-refractivity contribution is 14.1. The van der Waals surface area contributed by atoms with Gasteiger partial charge in [0.05, 0.1) is 5.56 Å². The van der Waals surface area contributed by atoms with Gasteiger partial charge in [0.1, 0.15) is 3.70 Å². The lowest BCUT2D eigenvalue weighted by Crippen LogP contribution is -2.00. The van der Waals surface area contributed by atoms with E-state index in [-0.39, 0.29) is 11.4 Å². The van der Waals surface area contributed by atoms with Crippen LogP contribution in [-0.4, -0.2) is 4.98 Å². The monoisotopic (exact) mass is 317 g/mol. The molecular weight excluding hydrogens is 310 g/mol. The highest BCUT2D eigenvalue weighted by Crippen LogP contribution is 2.28. The maximum atomic E-state index is 12.5. The number of aromatic nitrogens is 1. The molecule has 0 aliphatic heterocycles. The fourth-order valence-electron chi connectivity index (χ4n) is 1.02. The number of halogens is 4. The van der Waals surface area contributed by atoms with E-state index >= 15 is 0 Å². The zero-order valence-corrected chi connectivity index (χ0v) is 9.73. The van der Waals surface area contributed by atoms with E-state index < -0.39 is 6.43 Å². The molecule has 0 N–H and O–H groups in total. The van der Waals surface area contributed by atoms with Crippen molar-refractivity contribution >= 4 is 34.2 Å². The maximum Gasteiger partial charge on any atom is 0.266 e. The lowest BCUT2D eigenvalue weighted by Gasteiger charge is -2.09. The summed E-state index contributed by atoms with van der Waals surface area (Å²) in [5.41, 5.74) is 1.21. The summed E-state index contributed by atoms with van der Waals surface area (Å²) in [6, 6.07) is 0. The second kappa shape index (κ2) is 4.50. The predicted molar refractivity (Wildman–Crippen MR) is 56.2 cm³/mol. The Hall–Kier alpha value is 0.0300. The molecule has 1 heterocycles. The summed E-state index contributed by atoms with van der Waals surface area (Å²) in [5, 5.41) is 0. The highest BCUT2D eigenvalue weighted by Gasteiger charge is 2.17. The smallest absolute Gasteiger partial charge is 0.249 e. The van der Waals surface area contributed by atoms with Crippen LogP contribution in [0.3, 0.4) is 0 Å². The largest absolute Gasteiger partial charge is 0.266 e. The third kappa shape index (κ3) is 2.28. The minimum absolute atomic E-state index is 0.00116. The molecule has 1 aromatic rings. The van der Waals surface area contributed by atoms with Crippen molar-refractivity contribution in [3.63, 3.8) is 0 Å². The Kier molecular flexibility index (Phi) is 3.85. The number of alkyl halides is 3. The molecule has 5 heteroatoms. The summed E-state index contributed by atoms with van der Waals surface area (Å²) < 4.78 is 25.4. The van der Waals surface area contributed by atoms with E-state index in [2.05, 4.69) is 4.98 Å². The molecule has 0 fully saturated rings. The molecule has 0 aliphatic carbocycles. The van der Waals surface area contributed by atoms with Gasteiger partial charge >= 0.3 is 0 Å². The van der Waals surface area contributed by atoms with Crippen LogP contribution < -0.4 is 0 Å². The van der Waals surface area contributed by atoms with Crippen molar-refractivity contribution in [2.24, 2.45) is 0 Å². The molecular formula is C8H7ClF2IN. The van der Waals surface area contributed by atoms with Gasteiger partial charge in [-0.1, -0.05) is 0 Å². The molecule has 0 unspecified atom stereocenters. The summed E-state index contributed by atoms with van der Waals surface area (Å²) in [4.78, 5) is 3.85. The Morgan fingerprint density at radius 2 is 2.23 bits per heavy atom. The van der Waals surface area contributed by atoms with Crippen LogP contribution in [0.15, 0.2) is 6.20 Å². The van der Waals surface area contributed by atoms with Crippen molar-refractivity contribution in [1.82, 2.24) is 4.98 Å². The number of rotatable bonds is 2. The first-order valence-electron chi connectivity index (χ1n) is 3.56. The van der Waals surface area contributed by atoms with Gasteiger partial charge in [-0.05, 0) is 40.6 Å². The number of pyridine rings is 1. The molecule has 0 saturated heterocycles. The van der Waals surface area contributed by atoms with Crippen LogP contribution in [0.1, 0.15) is 23.1 Å². The van der Waals surface area contributed by atoms with Crippen LogP contribution in [0.5, 0.6) is 0 Å². The lowest BCUT2D eigenvalue weighted by molar-refractivity contribution is 0.149. The maximum absolute atomic E-state index is 12.5. The van der Waals surface area contributed by atoms with Crippen LogP contribution in [0.4, 0.5) is 8.78 Å². The average Bonchev–Trinajstić information content (AvgIpc) is 2.04. The summed E-state index contributed by atoms with van der Waals surface area (Å²) in [6.45, 7) is 1.64. The highest BCUT2D eigenvalue weighted by atomic mass is 127. The van der Waals surface area contributed by atoms with Gasteiger partial charge in [-0.3, -0.25) is 0 Å². The topological polar surface area (TPSA) is 12.9 Å². The average molecular weight is 318 g/mol. The van der Waals surface area contributed by atoms with Gasteiger partial charge in [-0.2, -0.15) is 0 Å². The van der Waals surface area contributed by atoms with Gasteiger partial charge in [0.25, 0.3) is 6.43 Å². The SMILES string of the molecule is Cc1c(CCl)cnc(I)c1C(F)F. The van der Waals surface area contributed by atoms with Crippen LogP contribution in [0, 0.1) is 10.6 Å². The fourth-order valence-corrected chi connectivity index (χ4v) is 2.07. The molecule has 13 heavy (non-hydrogen) atoms. The van der Waals surface area contributed by atoms with Crippen molar-refractivity contribution in [3.8, 4) is 0 Å². The first-order valence-corrected chi connectivity index (χ1v) is 5.17. The second-order valence-electron chi connectivity index (χ2n) is 2.55. The minimum atomic E-state index is -2.48. The van der Waals surface area contributed by atoms with E-state index in [1.54, 1.807) is 29.5 Å². The van der Waals surface area contributed by atoms with Crippen LogP contribution >= 0.6 is 34.2 Å². The number of hydrogen-bond acceptors (Lipinski definition) is 1. The first-order chi connectivity index (χ1) is 6.07. The lowest BCUT2D eigenvalue weighted by atomic mass is 10.1. The van der Waals surface area contributed by atoms with E-state index in [0.29, 0.717) is 14.8 Å². The Bertz CT molecular complexity index is 317. The van der Waals surface area contributed by atoms with Crippen molar-refractivity contribution in [2.45, 2.75) is 19.2 Å². The molecule has 1 nitrogen and oxygen atoms in total. The van der Waals surface area contributed by atoms with Gasteiger partial charge in [0.15, 0.2) is 0 Å². The van der Waals surface area contributed by atoms with Gasteiger partial charge < -0.3 is 0 Å². The van der Waals surface area contributed by atoms with E-state index in [4.69, 9.17) is 11.6 Å². The van der Waals surface area contributed by atoms with Crippen molar-refractivity contribution in [2.75, 3.05) is 0 Å². The second-order valence-corrected chi connectivity index (χ2v) is 3.84. The van der Waals surface area contributed by atoms with E-state index in [0.717, 1.165) is 0 Å². The molecule has 72 valence electrons. The predicted octanol–water partition coefficient (Wildman–Crippen LogP) is 3.67. The molecule has 0 bridgehead atoms. The third-order valence-electron chi connectivity index (χ3n) is 1.80. The Labute approximate surface area is 93.6 Å². The molecule has 0 atom stereocenters. The summed E-state index contributed by atoms with van der Waals surface area (Å²) in [7, 11) is 0. The van der Waals surface area contributed by atoms with Gasteiger partial charge in [0, 0.05) is 12.1 Å². The third-order valence-corrected chi connectivity index (χ3v) is 2.95. The molecule has 0 saturated carbocycles. The number of nitrogens with zero attached hydrogens (tertiary/aromatic N) is 1. The summed E-state index contributed by atoms with van der Waals surface area (Å²) in [5.74, 6) is 0.218. The van der Waals surface area contributed by atoms with Crippen molar-refractivity contribution < 1.29 is 8.78 Å². The molecule has 1 aromatic heterocycles. The van der Waals surface area contributed by atoms with Gasteiger partial charge in [-0.25, -0.2) is 13.8 Å². The van der Waals surface area contributed by atoms with Crippen LogP contribution in [0.25, 0.3) is 0 Å². The zero-order valence-electron chi connectivity index (χ0n) is 6.82. The van der Waals surface area contributed by atoms with E-state index in [1.165, 1.54) is 6.20 Å². The summed E-state index contributed by atoms with van der Waals surface area (Å²) in [6.07, 6.45) is -0.946. The standard InChI is InChI=1S/C8H7ClF2IN/c1-4-5(2-9)3-13-8(12)6(4)7(10)11/h3,7H,2H2,1H3. The Morgan fingerprint density at radius 3 is 2.69 bits per heavy atom. The van der Waals surface area contributed by atoms with Crippen LogP contribution in [-0.2, 0) is 5.88 Å². The Balaban J connectivity index is 3.30. The van der Waals surface area contributed by atoms with E-state index in [9.17, 15) is 8.78 Å². The normalized spacial score (nSPS) is 10.9. The number of hydrogen-bond donors (Lipinski definition) is 0. The molecule has 1 rings (SSSR count). The van der Waals surface area contributed by atoms with E-state index in [1.807, 2.05) is 0 Å². The van der Waals surface area contributed by atoms with Gasteiger partial charge in [0.2, 0.25) is 0 Å². The fraction of sp³-hybridized carbons (Fsp3) is 0.375. The molecule has 0 spiro atoms. The van der Waals surface area contributed by atoms with Crippen molar-refractivity contribution in [1.29, 1.82) is 0 Å². The quantitative estimate of drug-likeness (QED) is 0.461.